The molecule has 34 heavy (non-hydrogen) atoms. The van der Waals surface area contributed by atoms with E-state index in [0.717, 1.165) is 51.0 Å². The molecule has 5 heteroatoms. The topological polar surface area (TPSA) is 45.0 Å². The first-order valence-corrected chi connectivity index (χ1v) is 11.2. The first-order chi connectivity index (χ1) is 16.5. The monoisotopic (exact) mass is 454 g/mol. The van der Waals surface area contributed by atoms with Crippen LogP contribution in [0.5, 0.6) is 11.5 Å². The molecule has 1 heterocycles. The van der Waals surface area contributed by atoms with Crippen molar-refractivity contribution in [2.45, 2.75) is 27.4 Å². The number of ether oxygens (including phenoxy) is 2. The molecule has 0 spiro atoms. The molecule has 3 aromatic carbocycles. The smallest absolute Gasteiger partial charge is 0.142 e. The van der Waals surface area contributed by atoms with Crippen molar-refractivity contribution in [3.8, 4) is 28.4 Å². The van der Waals surface area contributed by atoms with Crippen LogP contribution >= 0.6 is 0 Å². The average Bonchev–Trinajstić information content (AvgIpc) is 3.21. The summed E-state index contributed by atoms with van der Waals surface area (Å²) in [6.45, 7) is 6.59. The Morgan fingerprint density at radius 3 is 2.26 bits per heavy atom. The van der Waals surface area contributed by atoms with Crippen LogP contribution in [0.25, 0.3) is 16.9 Å². The van der Waals surface area contributed by atoms with Crippen LogP contribution in [0.4, 0.5) is 0 Å². The van der Waals surface area contributed by atoms with Gasteiger partial charge in [-0.1, -0.05) is 41.6 Å². The number of oxime groups is 1. The summed E-state index contributed by atoms with van der Waals surface area (Å²) in [5.41, 5.74) is 8.44. The van der Waals surface area contributed by atoms with Crippen molar-refractivity contribution in [2.24, 2.45) is 5.16 Å². The molecule has 0 saturated heterocycles. The van der Waals surface area contributed by atoms with Crippen LogP contribution in [0.15, 0.2) is 84.0 Å². The Morgan fingerprint density at radius 1 is 0.824 bits per heavy atom. The molecule has 0 atom stereocenters. The van der Waals surface area contributed by atoms with E-state index >= 15 is 0 Å². The van der Waals surface area contributed by atoms with Gasteiger partial charge in [0.1, 0.15) is 18.1 Å². The zero-order valence-electron chi connectivity index (χ0n) is 20.3. The number of hydrogen-bond acceptors (Lipinski definition) is 4. The number of aryl methyl sites for hydroxylation is 1. The molecule has 0 aliphatic heterocycles. The molecule has 0 radical (unpaired) electrons. The molecule has 0 saturated carbocycles. The molecular formula is C29H30N2O3. The van der Waals surface area contributed by atoms with Crippen molar-refractivity contribution in [1.82, 2.24) is 4.57 Å². The van der Waals surface area contributed by atoms with E-state index in [0.29, 0.717) is 6.61 Å². The SMILES string of the molecule is COc1ccc(CO/N=C(/C)c2cc(-c3cccc(OC)c3)n(-c3cccc(C)c3)c2C)cc1. The third-order valence-corrected chi connectivity index (χ3v) is 5.85. The van der Waals surface area contributed by atoms with Gasteiger partial charge in [0.15, 0.2) is 0 Å². The molecule has 5 nitrogen and oxygen atoms in total. The van der Waals surface area contributed by atoms with Crippen molar-refractivity contribution in [1.29, 1.82) is 0 Å². The lowest BCUT2D eigenvalue weighted by Gasteiger charge is -2.14. The van der Waals surface area contributed by atoms with Crippen LogP contribution in [0, 0.1) is 13.8 Å². The number of aromatic nitrogens is 1. The minimum atomic E-state index is 0.391. The van der Waals surface area contributed by atoms with E-state index in [4.69, 9.17) is 14.3 Å². The average molecular weight is 455 g/mol. The summed E-state index contributed by atoms with van der Waals surface area (Å²) >= 11 is 0. The molecule has 0 aliphatic carbocycles. The highest BCUT2D eigenvalue weighted by atomic mass is 16.6. The van der Waals surface area contributed by atoms with Gasteiger partial charge in [0.25, 0.3) is 0 Å². The Kier molecular flexibility index (Phi) is 7.02. The molecule has 0 unspecified atom stereocenters. The Hall–Kier alpha value is -3.99. The Labute approximate surface area is 201 Å². The van der Waals surface area contributed by atoms with Crippen LogP contribution in [-0.2, 0) is 11.4 Å². The second-order valence-electron chi connectivity index (χ2n) is 8.23. The highest BCUT2D eigenvalue weighted by Crippen LogP contribution is 2.32. The van der Waals surface area contributed by atoms with Gasteiger partial charge in [-0.2, -0.15) is 0 Å². The lowest BCUT2D eigenvalue weighted by atomic mass is 10.1. The number of hydrogen-bond donors (Lipinski definition) is 0. The third-order valence-electron chi connectivity index (χ3n) is 5.85. The molecule has 0 fully saturated rings. The van der Waals surface area contributed by atoms with Gasteiger partial charge in [-0.05, 0) is 74.4 Å². The molecule has 1 aromatic heterocycles. The van der Waals surface area contributed by atoms with Crippen molar-refractivity contribution in [3.63, 3.8) is 0 Å². The summed E-state index contributed by atoms with van der Waals surface area (Å²) < 4.78 is 13.0. The van der Waals surface area contributed by atoms with E-state index in [1.165, 1.54) is 5.56 Å². The van der Waals surface area contributed by atoms with Crippen molar-refractivity contribution in [3.05, 3.63) is 101 Å². The number of methoxy groups -OCH3 is 2. The zero-order chi connectivity index (χ0) is 24.1. The number of benzene rings is 3. The molecule has 0 N–H and O–H groups in total. The quantitative estimate of drug-likeness (QED) is 0.219. The maximum atomic E-state index is 5.70. The van der Waals surface area contributed by atoms with Crippen LogP contribution < -0.4 is 9.47 Å². The summed E-state index contributed by atoms with van der Waals surface area (Å²) in [7, 11) is 3.34. The fraction of sp³-hybridized carbons (Fsp3) is 0.207. The van der Waals surface area contributed by atoms with Gasteiger partial charge in [0.2, 0.25) is 0 Å². The van der Waals surface area contributed by atoms with Gasteiger partial charge in [-0.3, -0.25) is 0 Å². The maximum Gasteiger partial charge on any atom is 0.142 e. The Bertz CT molecular complexity index is 1300. The van der Waals surface area contributed by atoms with E-state index in [1.807, 2.05) is 43.3 Å². The first kappa shape index (κ1) is 23.2. The molecule has 174 valence electrons. The summed E-state index contributed by atoms with van der Waals surface area (Å²) in [4.78, 5) is 5.70. The molecule has 0 bridgehead atoms. The highest BCUT2D eigenvalue weighted by Gasteiger charge is 2.17. The zero-order valence-corrected chi connectivity index (χ0v) is 20.3. The van der Waals surface area contributed by atoms with E-state index in [9.17, 15) is 0 Å². The minimum Gasteiger partial charge on any atom is -0.497 e. The van der Waals surface area contributed by atoms with Crippen LogP contribution in [0.1, 0.15) is 29.3 Å². The highest BCUT2D eigenvalue weighted by molar-refractivity contribution is 6.01. The van der Waals surface area contributed by atoms with Crippen molar-refractivity contribution in [2.75, 3.05) is 14.2 Å². The largest absolute Gasteiger partial charge is 0.497 e. The third kappa shape index (κ3) is 4.99. The second-order valence-corrected chi connectivity index (χ2v) is 8.23. The summed E-state index contributed by atoms with van der Waals surface area (Å²) in [6, 6.07) is 26.6. The van der Waals surface area contributed by atoms with Crippen LogP contribution in [-0.4, -0.2) is 24.5 Å². The minimum absolute atomic E-state index is 0.391. The molecule has 4 aromatic rings. The van der Waals surface area contributed by atoms with Crippen molar-refractivity contribution >= 4 is 5.71 Å². The molecular weight excluding hydrogens is 424 g/mol. The fourth-order valence-corrected chi connectivity index (χ4v) is 4.04. The Balaban J connectivity index is 1.70. The van der Waals surface area contributed by atoms with Gasteiger partial charge >= 0.3 is 0 Å². The standard InChI is InChI=1S/C29H30N2O3/c1-20-8-6-10-25(16-20)31-22(3)28(18-29(31)24-9-7-11-27(17-24)33-5)21(2)30-34-19-23-12-14-26(32-4)15-13-23/h6-18H,19H2,1-5H3/b30-21-. The van der Waals surface area contributed by atoms with Crippen LogP contribution in [0.3, 0.4) is 0 Å². The van der Waals surface area contributed by atoms with E-state index in [2.05, 4.69) is 66.0 Å². The van der Waals surface area contributed by atoms with E-state index < -0.39 is 0 Å². The molecule has 0 aliphatic rings. The van der Waals surface area contributed by atoms with Gasteiger partial charge in [-0.15, -0.1) is 0 Å². The normalized spacial score (nSPS) is 11.4. The van der Waals surface area contributed by atoms with E-state index in [1.54, 1.807) is 14.2 Å². The van der Waals surface area contributed by atoms with E-state index in [-0.39, 0.29) is 0 Å². The second kappa shape index (κ2) is 10.3. The van der Waals surface area contributed by atoms with Gasteiger partial charge < -0.3 is 18.9 Å². The summed E-state index contributed by atoms with van der Waals surface area (Å²) in [5.74, 6) is 1.64. The summed E-state index contributed by atoms with van der Waals surface area (Å²) in [6.07, 6.45) is 0. The van der Waals surface area contributed by atoms with Gasteiger partial charge in [0.05, 0.1) is 25.6 Å². The van der Waals surface area contributed by atoms with Crippen LogP contribution in [0.2, 0.25) is 0 Å². The fourth-order valence-electron chi connectivity index (χ4n) is 4.04. The van der Waals surface area contributed by atoms with Crippen molar-refractivity contribution < 1.29 is 14.3 Å². The maximum absolute atomic E-state index is 5.70. The predicted octanol–water partition coefficient (Wildman–Crippen LogP) is 6.72. The lowest BCUT2D eigenvalue weighted by molar-refractivity contribution is 0.130. The lowest BCUT2D eigenvalue weighted by Crippen LogP contribution is -2.03. The van der Waals surface area contributed by atoms with Gasteiger partial charge in [0, 0.05) is 22.5 Å². The molecule has 4 rings (SSSR count). The first-order valence-electron chi connectivity index (χ1n) is 11.2. The van der Waals surface area contributed by atoms with Gasteiger partial charge in [-0.25, -0.2) is 0 Å². The number of nitrogens with zero attached hydrogens (tertiary/aromatic N) is 2. The Morgan fingerprint density at radius 2 is 1.56 bits per heavy atom. The predicted molar refractivity (Wildman–Crippen MR) is 137 cm³/mol. The molecule has 0 amide bonds. The number of rotatable bonds is 8. The summed E-state index contributed by atoms with van der Waals surface area (Å²) in [5, 5.41) is 4.43.